The summed E-state index contributed by atoms with van der Waals surface area (Å²) < 4.78 is 42.8. The Balaban J connectivity index is 1.98. The average Bonchev–Trinajstić information content (AvgIpc) is 3.17. The third-order valence-electron chi connectivity index (χ3n) is 4.40. The zero-order chi connectivity index (χ0) is 21.6. The van der Waals surface area contributed by atoms with Crippen LogP contribution < -0.4 is 10.1 Å². The third kappa shape index (κ3) is 5.01. The van der Waals surface area contributed by atoms with Gasteiger partial charge >= 0.3 is 0 Å². The molecule has 3 rings (SSSR count). The molecule has 30 heavy (non-hydrogen) atoms. The molecule has 1 heterocycles. The van der Waals surface area contributed by atoms with Crippen LogP contribution in [0.3, 0.4) is 0 Å². The monoisotopic (exact) mass is 430 g/mol. The van der Waals surface area contributed by atoms with Crippen LogP contribution in [-0.4, -0.2) is 40.3 Å². The van der Waals surface area contributed by atoms with E-state index in [1.807, 2.05) is 13.8 Å². The Labute approximate surface area is 177 Å². The highest BCUT2D eigenvalue weighted by molar-refractivity contribution is 7.91. The molecule has 1 N–H and O–H groups in total. The van der Waals surface area contributed by atoms with Crippen molar-refractivity contribution >= 4 is 15.7 Å². The minimum Gasteiger partial charge on any atom is -0.494 e. The van der Waals surface area contributed by atoms with Crippen molar-refractivity contribution in [2.75, 3.05) is 32.2 Å². The minimum absolute atomic E-state index is 0.121. The lowest BCUT2D eigenvalue weighted by molar-refractivity contribution is 0.197. The van der Waals surface area contributed by atoms with E-state index >= 15 is 0 Å². The van der Waals surface area contributed by atoms with Crippen molar-refractivity contribution in [2.45, 2.75) is 30.2 Å². The van der Waals surface area contributed by atoms with Gasteiger partial charge in [-0.1, -0.05) is 17.7 Å². The summed E-state index contributed by atoms with van der Waals surface area (Å²) in [5.41, 5.74) is 1.63. The van der Waals surface area contributed by atoms with Gasteiger partial charge < -0.3 is 19.2 Å². The second-order valence-corrected chi connectivity index (χ2v) is 8.57. The van der Waals surface area contributed by atoms with Gasteiger partial charge in [0.2, 0.25) is 26.6 Å². The van der Waals surface area contributed by atoms with Gasteiger partial charge in [-0.3, -0.25) is 0 Å². The fraction of sp³-hybridized carbons (Fsp3) is 0.318. The van der Waals surface area contributed by atoms with Crippen LogP contribution in [0.15, 0.2) is 62.9 Å². The Hall–Kier alpha value is -2.84. The SMILES string of the molecule is CCOc1ccc(-c2nc(S(=O)(=O)c3ccc(C)cc3)c(NCCCOC)o2)cc1. The quantitative estimate of drug-likeness (QED) is 0.479. The highest BCUT2D eigenvalue weighted by Gasteiger charge is 2.28. The summed E-state index contributed by atoms with van der Waals surface area (Å²) in [5, 5.41) is 2.91. The highest BCUT2D eigenvalue weighted by atomic mass is 32.2. The molecule has 0 aliphatic heterocycles. The van der Waals surface area contributed by atoms with Crippen LogP contribution in [0.5, 0.6) is 5.75 Å². The topological polar surface area (TPSA) is 90.7 Å². The summed E-state index contributed by atoms with van der Waals surface area (Å²) in [6.45, 7) is 5.41. The molecule has 0 radical (unpaired) electrons. The molecule has 7 nitrogen and oxygen atoms in total. The normalized spacial score (nSPS) is 11.4. The van der Waals surface area contributed by atoms with Gasteiger partial charge in [-0.05, 0) is 56.7 Å². The lowest BCUT2D eigenvalue weighted by Gasteiger charge is -2.06. The molecule has 8 heteroatoms. The molecule has 0 unspecified atom stereocenters. The van der Waals surface area contributed by atoms with Gasteiger partial charge in [0, 0.05) is 25.8 Å². The van der Waals surface area contributed by atoms with Crippen molar-refractivity contribution in [3.63, 3.8) is 0 Å². The van der Waals surface area contributed by atoms with Gasteiger partial charge in [0.1, 0.15) is 5.75 Å². The first kappa shape index (κ1) is 21.9. The molecule has 0 amide bonds. The van der Waals surface area contributed by atoms with E-state index in [0.717, 1.165) is 11.3 Å². The largest absolute Gasteiger partial charge is 0.494 e. The van der Waals surface area contributed by atoms with Gasteiger partial charge in [0.05, 0.1) is 11.5 Å². The second-order valence-electron chi connectivity index (χ2n) is 6.70. The maximum absolute atomic E-state index is 13.2. The Morgan fingerprint density at radius 2 is 1.77 bits per heavy atom. The predicted octanol–water partition coefficient (Wildman–Crippen LogP) is 4.33. The predicted molar refractivity (Wildman–Crippen MR) is 115 cm³/mol. The third-order valence-corrected chi connectivity index (χ3v) is 6.08. The van der Waals surface area contributed by atoms with E-state index < -0.39 is 9.84 Å². The van der Waals surface area contributed by atoms with E-state index in [4.69, 9.17) is 13.9 Å². The van der Waals surface area contributed by atoms with Gasteiger partial charge in [-0.2, -0.15) is 4.98 Å². The Kier molecular flexibility index (Phi) is 7.12. The first-order valence-corrected chi connectivity index (χ1v) is 11.2. The maximum atomic E-state index is 13.2. The van der Waals surface area contributed by atoms with Gasteiger partial charge in [0.25, 0.3) is 0 Å². The molecule has 0 bridgehead atoms. The zero-order valence-electron chi connectivity index (χ0n) is 17.3. The van der Waals surface area contributed by atoms with E-state index in [2.05, 4.69) is 10.3 Å². The molecule has 0 saturated heterocycles. The van der Waals surface area contributed by atoms with Gasteiger partial charge in [-0.15, -0.1) is 0 Å². The van der Waals surface area contributed by atoms with Crippen LogP contribution in [0.4, 0.5) is 5.88 Å². The number of anilines is 1. The lowest BCUT2D eigenvalue weighted by atomic mass is 10.2. The number of ether oxygens (including phenoxy) is 2. The molecular formula is C22H26N2O5S. The summed E-state index contributed by atoms with van der Waals surface area (Å²) in [6.07, 6.45) is 0.694. The van der Waals surface area contributed by atoms with E-state index in [-0.39, 0.29) is 21.7 Å². The number of hydrogen-bond acceptors (Lipinski definition) is 7. The summed E-state index contributed by atoms with van der Waals surface area (Å²) in [7, 11) is -2.24. The Morgan fingerprint density at radius 1 is 1.07 bits per heavy atom. The minimum atomic E-state index is -3.86. The number of nitrogens with zero attached hydrogens (tertiary/aromatic N) is 1. The van der Waals surface area contributed by atoms with Crippen LogP contribution in [0.25, 0.3) is 11.5 Å². The summed E-state index contributed by atoms with van der Waals surface area (Å²) >= 11 is 0. The molecule has 160 valence electrons. The molecule has 1 aromatic heterocycles. The first-order chi connectivity index (χ1) is 14.5. The highest BCUT2D eigenvalue weighted by Crippen LogP contribution is 2.33. The molecule has 0 atom stereocenters. The molecule has 0 spiro atoms. The smallest absolute Gasteiger partial charge is 0.233 e. The lowest BCUT2D eigenvalue weighted by Crippen LogP contribution is -2.09. The number of sulfone groups is 1. The van der Waals surface area contributed by atoms with E-state index in [1.54, 1.807) is 55.6 Å². The van der Waals surface area contributed by atoms with Crippen LogP contribution >= 0.6 is 0 Å². The van der Waals surface area contributed by atoms with Crippen molar-refractivity contribution in [2.24, 2.45) is 0 Å². The van der Waals surface area contributed by atoms with Crippen molar-refractivity contribution in [1.29, 1.82) is 0 Å². The number of aromatic nitrogens is 1. The fourth-order valence-electron chi connectivity index (χ4n) is 2.83. The molecule has 0 aliphatic rings. The number of rotatable bonds is 10. The van der Waals surface area contributed by atoms with E-state index in [0.29, 0.717) is 31.7 Å². The number of aryl methyl sites for hydroxylation is 1. The molecule has 0 fully saturated rings. The number of hydrogen-bond donors (Lipinski definition) is 1. The Bertz CT molecular complexity index is 1060. The summed E-state index contributed by atoms with van der Waals surface area (Å²) in [5.74, 6) is 1.06. The first-order valence-electron chi connectivity index (χ1n) is 9.74. The molecule has 2 aromatic carbocycles. The number of oxazole rings is 1. The van der Waals surface area contributed by atoms with E-state index in [1.165, 1.54) is 0 Å². The summed E-state index contributed by atoms with van der Waals surface area (Å²) in [4.78, 5) is 4.50. The second kappa shape index (κ2) is 9.77. The zero-order valence-corrected chi connectivity index (χ0v) is 18.2. The maximum Gasteiger partial charge on any atom is 0.233 e. The van der Waals surface area contributed by atoms with Gasteiger partial charge in [-0.25, -0.2) is 8.42 Å². The average molecular weight is 431 g/mol. The summed E-state index contributed by atoms with van der Waals surface area (Å²) in [6, 6.07) is 13.8. The standard InChI is InChI=1S/C22H26N2O5S/c1-4-28-18-10-8-17(9-11-18)20-24-22(21(29-20)23-14-5-15-27-3)30(25,26)19-12-6-16(2)7-13-19/h6-13,23H,4-5,14-15H2,1-3H3. The van der Waals surface area contributed by atoms with Crippen LogP contribution in [0.2, 0.25) is 0 Å². The van der Waals surface area contributed by atoms with Crippen molar-refractivity contribution in [1.82, 2.24) is 4.98 Å². The fourth-order valence-corrected chi connectivity index (χ4v) is 4.11. The van der Waals surface area contributed by atoms with Crippen LogP contribution in [-0.2, 0) is 14.6 Å². The van der Waals surface area contributed by atoms with Gasteiger partial charge in [0.15, 0.2) is 0 Å². The van der Waals surface area contributed by atoms with Crippen LogP contribution in [0.1, 0.15) is 18.9 Å². The van der Waals surface area contributed by atoms with Crippen LogP contribution in [0, 0.1) is 6.92 Å². The number of benzene rings is 2. The molecule has 0 aliphatic carbocycles. The van der Waals surface area contributed by atoms with Crippen molar-refractivity contribution < 1.29 is 22.3 Å². The molecular weight excluding hydrogens is 404 g/mol. The molecule has 0 saturated carbocycles. The number of nitrogens with one attached hydrogen (secondary N) is 1. The Morgan fingerprint density at radius 3 is 2.40 bits per heavy atom. The van der Waals surface area contributed by atoms with Crippen molar-refractivity contribution in [3.05, 3.63) is 54.1 Å². The van der Waals surface area contributed by atoms with E-state index in [9.17, 15) is 8.42 Å². The van der Waals surface area contributed by atoms with Crippen molar-refractivity contribution in [3.8, 4) is 17.2 Å². The number of methoxy groups -OCH3 is 1. The molecule has 3 aromatic rings.